The number of aryl methyl sites for hydroxylation is 1. The maximum atomic E-state index is 12.6. The van der Waals surface area contributed by atoms with Crippen LogP contribution in [0.4, 0.5) is 11.4 Å². The van der Waals surface area contributed by atoms with Crippen molar-refractivity contribution in [3.8, 4) is 0 Å². The molecule has 0 aromatic heterocycles. The molecule has 0 spiro atoms. The van der Waals surface area contributed by atoms with Gasteiger partial charge < -0.3 is 9.80 Å². The molecule has 1 saturated carbocycles. The minimum atomic E-state index is -3.52. The van der Waals surface area contributed by atoms with E-state index in [-0.39, 0.29) is 4.90 Å². The van der Waals surface area contributed by atoms with Crippen molar-refractivity contribution in [3.05, 3.63) is 54.1 Å². The van der Waals surface area contributed by atoms with Gasteiger partial charge in [0, 0.05) is 39.4 Å². The van der Waals surface area contributed by atoms with Gasteiger partial charge in [-0.25, -0.2) is 17.3 Å². The third kappa shape index (κ3) is 9.64. The monoisotopic (exact) mass is 564 g/mol. The lowest BCUT2D eigenvalue weighted by Gasteiger charge is -2.30. The molecule has 2 N–H and O–H groups in total. The van der Waals surface area contributed by atoms with Crippen LogP contribution in [0.2, 0.25) is 0 Å². The first-order valence-corrected chi connectivity index (χ1v) is 16.1. The van der Waals surface area contributed by atoms with Crippen molar-refractivity contribution in [2.75, 3.05) is 56.0 Å². The van der Waals surface area contributed by atoms with Crippen LogP contribution in [-0.2, 0) is 21.3 Å². The minimum Gasteiger partial charge on any atom is -0.378 e. The average molecular weight is 565 g/mol. The summed E-state index contributed by atoms with van der Waals surface area (Å²) in [6, 6.07) is 14.5. The van der Waals surface area contributed by atoms with Crippen molar-refractivity contribution in [2.45, 2.75) is 56.8 Å². The normalized spacial score (nSPS) is 15.5. The number of nitrogens with zero attached hydrogens (tertiary/aromatic N) is 3. The van der Waals surface area contributed by atoms with Gasteiger partial charge in [-0.15, -0.1) is 0 Å². The van der Waals surface area contributed by atoms with E-state index in [2.05, 4.69) is 9.62 Å². The quantitative estimate of drug-likeness (QED) is 0.242. The highest BCUT2D eigenvalue weighted by atomic mass is 32.2. The van der Waals surface area contributed by atoms with Crippen molar-refractivity contribution in [2.24, 2.45) is 5.92 Å². The lowest BCUT2D eigenvalue weighted by Crippen LogP contribution is -2.36. The highest BCUT2D eigenvalue weighted by molar-refractivity contribution is 7.89. The van der Waals surface area contributed by atoms with E-state index >= 15 is 0 Å². The Kier molecular flexibility index (Phi) is 12.0. The van der Waals surface area contributed by atoms with Gasteiger partial charge in [0.05, 0.1) is 10.6 Å². The van der Waals surface area contributed by atoms with Crippen LogP contribution in [0.1, 0.15) is 50.5 Å². The second kappa shape index (κ2) is 15.0. The molecular formula is C28H44N4O4S2. The Morgan fingerprint density at radius 2 is 1.50 bits per heavy atom. The molecule has 0 aliphatic heterocycles. The Morgan fingerprint density at radius 1 is 0.895 bits per heavy atom. The van der Waals surface area contributed by atoms with E-state index in [1.165, 1.54) is 36.4 Å². The third-order valence-electron chi connectivity index (χ3n) is 7.19. The molecule has 10 heteroatoms. The maximum absolute atomic E-state index is 12.6. The van der Waals surface area contributed by atoms with Gasteiger partial charge in [0.2, 0.25) is 10.0 Å². The first-order chi connectivity index (χ1) is 18.2. The van der Waals surface area contributed by atoms with Crippen molar-refractivity contribution in [1.82, 2.24) is 9.62 Å². The summed E-state index contributed by atoms with van der Waals surface area (Å²) in [6.45, 7) is 5.35. The van der Waals surface area contributed by atoms with Gasteiger partial charge >= 0.3 is 0 Å². The van der Waals surface area contributed by atoms with E-state index in [9.17, 15) is 17.2 Å². The van der Waals surface area contributed by atoms with Crippen LogP contribution >= 0.6 is 0 Å². The average Bonchev–Trinajstić information content (AvgIpc) is 2.89. The van der Waals surface area contributed by atoms with Gasteiger partial charge in [-0.3, -0.25) is 8.86 Å². The van der Waals surface area contributed by atoms with E-state index in [0.717, 1.165) is 43.0 Å². The minimum absolute atomic E-state index is 0.290. The van der Waals surface area contributed by atoms with Crippen molar-refractivity contribution < 1.29 is 17.2 Å². The highest BCUT2D eigenvalue weighted by Gasteiger charge is 2.19. The first-order valence-electron chi connectivity index (χ1n) is 13.6. The van der Waals surface area contributed by atoms with Gasteiger partial charge in [-0.1, -0.05) is 37.0 Å². The molecule has 0 bridgehead atoms. The lowest BCUT2D eigenvalue weighted by molar-refractivity contribution is 0.198. The van der Waals surface area contributed by atoms with Crippen LogP contribution in [0, 0.1) is 12.8 Å². The van der Waals surface area contributed by atoms with Crippen LogP contribution in [0.15, 0.2) is 53.4 Å². The molecule has 3 rings (SSSR count). The van der Waals surface area contributed by atoms with Gasteiger partial charge in [0.15, 0.2) is 0 Å². The molecule has 1 atom stereocenters. The molecule has 0 radical (unpaired) electrons. The molecule has 212 valence electrons. The van der Waals surface area contributed by atoms with Gasteiger partial charge in [0.1, 0.15) is 0 Å². The van der Waals surface area contributed by atoms with Crippen LogP contribution in [0.5, 0.6) is 0 Å². The van der Waals surface area contributed by atoms with Gasteiger partial charge in [-0.05, 0) is 88.0 Å². The SMILES string of the molecule is Cc1ccc(S(=O)(=O)NCCCN(CCCN(c2ccc(N(C)C)cc2)S(=O)O)CC2CCCCC2)cc1. The van der Waals surface area contributed by atoms with Crippen LogP contribution in [0.3, 0.4) is 0 Å². The summed E-state index contributed by atoms with van der Waals surface area (Å²) >= 11 is -2.10. The fraction of sp³-hybridized carbons (Fsp3) is 0.571. The largest absolute Gasteiger partial charge is 0.378 e. The zero-order chi connectivity index (χ0) is 27.5. The maximum Gasteiger partial charge on any atom is 0.261 e. The molecule has 0 saturated heterocycles. The summed E-state index contributed by atoms with van der Waals surface area (Å²) in [5.41, 5.74) is 2.78. The molecule has 2 aromatic rings. The highest BCUT2D eigenvalue weighted by Crippen LogP contribution is 2.25. The molecule has 1 unspecified atom stereocenters. The fourth-order valence-electron chi connectivity index (χ4n) is 4.99. The van der Waals surface area contributed by atoms with Crippen molar-refractivity contribution in [1.29, 1.82) is 0 Å². The third-order valence-corrected chi connectivity index (χ3v) is 9.44. The molecule has 38 heavy (non-hydrogen) atoms. The number of rotatable bonds is 15. The van der Waals surface area contributed by atoms with Gasteiger partial charge in [-0.2, -0.15) is 0 Å². The standard InChI is InChI=1S/C28H44N4O4S2/c1-24-11-17-28(18-12-24)38(35,36)29-19-7-20-31(23-25-9-5-4-6-10-25)21-8-22-32(37(33)34)27-15-13-26(14-16-27)30(2)3/h11-18,25,29H,4-10,19-23H2,1-3H3,(H,33,34). The topological polar surface area (TPSA) is 93.2 Å². The molecule has 1 aliphatic rings. The number of hydrogen-bond donors (Lipinski definition) is 2. The summed E-state index contributed by atoms with van der Waals surface area (Å²) in [6.07, 6.45) is 7.78. The van der Waals surface area contributed by atoms with Crippen LogP contribution in [-0.4, -0.2) is 68.9 Å². The second-order valence-electron chi connectivity index (χ2n) is 10.5. The van der Waals surface area contributed by atoms with Crippen molar-refractivity contribution >= 4 is 32.7 Å². The molecule has 0 heterocycles. The Hall–Kier alpha value is -1.98. The number of anilines is 2. The Bertz CT molecular complexity index is 1100. The molecule has 0 amide bonds. The van der Waals surface area contributed by atoms with E-state index in [0.29, 0.717) is 25.4 Å². The summed E-state index contributed by atoms with van der Waals surface area (Å²) in [5.74, 6) is 0.662. The van der Waals surface area contributed by atoms with Crippen LogP contribution < -0.4 is 13.9 Å². The zero-order valence-corrected chi connectivity index (χ0v) is 24.6. The predicted octanol–water partition coefficient (Wildman–Crippen LogP) is 4.65. The molecule has 8 nitrogen and oxygen atoms in total. The number of nitrogens with one attached hydrogen (secondary N) is 1. The van der Waals surface area contributed by atoms with E-state index in [4.69, 9.17) is 0 Å². The molecule has 1 aliphatic carbocycles. The first kappa shape index (κ1) is 30.6. The van der Waals surface area contributed by atoms with Crippen LogP contribution in [0.25, 0.3) is 0 Å². The summed E-state index contributed by atoms with van der Waals surface area (Å²) < 4.78 is 51.5. The number of sulfonamides is 1. The Labute approximate surface area is 231 Å². The molecular weight excluding hydrogens is 520 g/mol. The second-order valence-corrected chi connectivity index (χ2v) is 13.1. The van der Waals surface area contributed by atoms with Gasteiger partial charge in [0.25, 0.3) is 11.3 Å². The Morgan fingerprint density at radius 3 is 2.11 bits per heavy atom. The number of hydrogen-bond acceptors (Lipinski definition) is 5. The zero-order valence-electron chi connectivity index (χ0n) is 23.0. The molecule has 2 aromatic carbocycles. The lowest BCUT2D eigenvalue weighted by atomic mass is 9.89. The summed E-state index contributed by atoms with van der Waals surface area (Å²) in [5, 5.41) is 0. The molecule has 1 fully saturated rings. The van der Waals surface area contributed by atoms with E-state index in [1.807, 2.05) is 50.2 Å². The Balaban J connectivity index is 1.54. The van der Waals surface area contributed by atoms with Crippen molar-refractivity contribution in [3.63, 3.8) is 0 Å². The number of benzene rings is 2. The predicted molar refractivity (Wildman–Crippen MR) is 158 cm³/mol. The van der Waals surface area contributed by atoms with E-state index in [1.54, 1.807) is 24.3 Å². The van der Waals surface area contributed by atoms with E-state index < -0.39 is 21.3 Å². The summed E-state index contributed by atoms with van der Waals surface area (Å²) in [4.78, 5) is 4.69. The smallest absolute Gasteiger partial charge is 0.261 e. The fourth-order valence-corrected chi connectivity index (χ4v) is 6.65. The summed E-state index contributed by atoms with van der Waals surface area (Å²) in [7, 11) is 0.408.